The third kappa shape index (κ3) is 4.46. The van der Waals surface area contributed by atoms with Crippen LogP contribution in [0, 0.1) is 0 Å². The zero-order valence-corrected chi connectivity index (χ0v) is 11.0. The van der Waals surface area contributed by atoms with Gasteiger partial charge in [0.05, 0.1) is 0 Å². The van der Waals surface area contributed by atoms with Crippen LogP contribution in [0.4, 0.5) is 4.79 Å². The maximum absolute atomic E-state index is 11.6. The SMILES string of the molecule is CSC1CCCCC1NC(=O)N[C@H](C)C(=O)O. The summed E-state index contributed by atoms with van der Waals surface area (Å²) in [4.78, 5) is 22.2. The van der Waals surface area contributed by atoms with Gasteiger partial charge in [0, 0.05) is 11.3 Å². The molecule has 0 heterocycles. The highest BCUT2D eigenvalue weighted by Gasteiger charge is 2.26. The van der Waals surface area contributed by atoms with Crippen LogP contribution in [-0.2, 0) is 4.79 Å². The molecule has 0 aromatic carbocycles. The quantitative estimate of drug-likeness (QED) is 0.714. The fourth-order valence-electron chi connectivity index (χ4n) is 2.01. The first-order valence-electron chi connectivity index (χ1n) is 5.87. The van der Waals surface area contributed by atoms with Crippen molar-refractivity contribution in [2.45, 2.75) is 49.9 Å². The van der Waals surface area contributed by atoms with Gasteiger partial charge in [0.2, 0.25) is 0 Å². The lowest BCUT2D eigenvalue weighted by atomic mass is 9.95. The highest BCUT2D eigenvalue weighted by Crippen LogP contribution is 2.26. The van der Waals surface area contributed by atoms with E-state index in [2.05, 4.69) is 10.6 Å². The summed E-state index contributed by atoms with van der Waals surface area (Å²) in [5.41, 5.74) is 0. The molecule has 0 radical (unpaired) electrons. The van der Waals surface area contributed by atoms with Crippen LogP contribution >= 0.6 is 11.8 Å². The predicted octanol–water partition coefficient (Wildman–Crippen LogP) is 1.43. The van der Waals surface area contributed by atoms with Gasteiger partial charge in [0.1, 0.15) is 6.04 Å². The van der Waals surface area contributed by atoms with Crippen molar-refractivity contribution in [1.82, 2.24) is 10.6 Å². The Kier molecular flexibility index (Phi) is 5.61. The van der Waals surface area contributed by atoms with Gasteiger partial charge in [-0.1, -0.05) is 12.8 Å². The minimum Gasteiger partial charge on any atom is -0.480 e. The van der Waals surface area contributed by atoms with E-state index in [4.69, 9.17) is 5.11 Å². The van der Waals surface area contributed by atoms with Crippen LogP contribution in [0.5, 0.6) is 0 Å². The van der Waals surface area contributed by atoms with Crippen molar-refractivity contribution < 1.29 is 14.7 Å². The lowest BCUT2D eigenvalue weighted by molar-refractivity contribution is -0.138. The Morgan fingerprint density at radius 2 is 2.00 bits per heavy atom. The normalized spacial score (nSPS) is 26.0. The first-order chi connectivity index (χ1) is 8.04. The van der Waals surface area contributed by atoms with Crippen LogP contribution in [0.2, 0.25) is 0 Å². The molecule has 0 spiro atoms. The summed E-state index contributed by atoms with van der Waals surface area (Å²) in [7, 11) is 0. The van der Waals surface area contributed by atoms with Crippen molar-refractivity contribution in [3.63, 3.8) is 0 Å². The number of amides is 2. The van der Waals surface area contributed by atoms with Crippen molar-refractivity contribution in [3.05, 3.63) is 0 Å². The fourth-order valence-corrected chi connectivity index (χ4v) is 2.95. The molecule has 0 aromatic rings. The molecule has 1 aliphatic rings. The highest BCUT2D eigenvalue weighted by atomic mass is 32.2. The van der Waals surface area contributed by atoms with E-state index in [0.717, 1.165) is 19.3 Å². The van der Waals surface area contributed by atoms with E-state index < -0.39 is 12.0 Å². The van der Waals surface area contributed by atoms with Crippen LogP contribution in [-0.4, -0.2) is 40.7 Å². The van der Waals surface area contributed by atoms with Gasteiger partial charge in [-0.15, -0.1) is 0 Å². The second-order valence-electron chi connectivity index (χ2n) is 4.34. The zero-order valence-electron chi connectivity index (χ0n) is 10.2. The van der Waals surface area contributed by atoms with Crippen molar-refractivity contribution in [1.29, 1.82) is 0 Å². The molecular formula is C11H20N2O3S. The summed E-state index contributed by atoms with van der Waals surface area (Å²) in [6, 6.07) is -1.09. The standard InChI is InChI=1S/C11H20N2O3S/c1-7(10(14)15)12-11(16)13-8-5-3-4-6-9(8)17-2/h7-9H,3-6H2,1-2H3,(H,14,15)(H2,12,13,16)/t7-,8?,9?/m1/s1. The number of aliphatic carboxylic acids is 1. The van der Waals surface area contributed by atoms with Gasteiger partial charge in [-0.05, 0) is 26.0 Å². The molecule has 0 aliphatic heterocycles. The van der Waals surface area contributed by atoms with E-state index in [9.17, 15) is 9.59 Å². The lowest BCUT2D eigenvalue weighted by Gasteiger charge is -2.31. The predicted molar refractivity (Wildman–Crippen MR) is 68.3 cm³/mol. The Morgan fingerprint density at radius 3 is 2.59 bits per heavy atom. The second kappa shape index (κ2) is 6.74. The average molecular weight is 260 g/mol. The van der Waals surface area contributed by atoms with Crippen LogP contribution in [0.15, 0.2) is 0 Å². The number of carbonyl (C=O) groups excluding carboxylic acids is 1. The van der Waals surface area contributed by atoms with Crippen molar-refractivity contribution in [3.8, 4) is 0 Å². The molecule has 1 aliphatic carbocycles. The molecule has 17 heavy (non-hydrogen) atoms. The molecule has 5 nitrogen and oxygen atoms in total. The molecule has 0 bridgehead atoms. The van der Waals surface area contributed by atoms with Gasteiger partial charge in [-0.2, -0.15) is 11.8 Å². The molecule has 3 atom stereocenters. The zero-order chi connectivity index (χ0) is 12.8. The maximum atomic E-state index is 11.6. The molecule has 6 heteroatoms. The Hall–Kier alpha value is -0.910. The van der Waals surface area contributed by atoms with Crippen LogP contribution in [0.3, 0.4) is 0 Å². The minimum atomic E-state index is -1.02. The summed E-state index contributed by atoms with van der Waals surface area (Å²) in [5.74, 6) is -1.02. The molecular weight excluding hydrogens is 240 g/mol. The van der Waals surface area contributed by atoms with Gasteiger partial charge in [0.25, 0.3) is 0 Å². The number of carboxylic acid groups (broad SMARTS) is 1. The molecule has 1 saturated carbocycles. The molecule has 1 rings (SSSR count). The molecule has 0 aromatic heterocycles. The average Bonchev–Trinajstić information content (AvgIpc) is 2.29. The maximum Gasteiger partial charge on any atom is 0.325 e. The molecule has 3 N–H and O–H groups in total. The van der Waals surface area contributed by atoms with Crippen molar-refractivity contribution in [2.75, 3.05) is 6.26 Å². The minimum absolute atomic E-state index is 0.153. The smallest absolute Gasteiger partial charge is 0.325 e. The third-order valence-corrected chi connectivity index (χ3v) is 4.21. The molecule has 2 unspecified atom stereocenters. The third-order valence-electron chi connectivity index (χ3n) is 3.04. The fraction of sp³-hybridized carbons (Fsp3) is 0.818. The topological polar surface area (TPSA) is 78.4 Å². The van der Waals surface area contributed by atoms with Gasteiger partial charge in [0.15, 0.2) is 0 Å². The van der Waals surface area contributed by atoms with Gasteiger partial charge in [-0.25, -0.2) is 4.79 Å². The summed E-state index contributed by atoms with van der Waals surface area (Å²) >= 11 is 1.76. The Morgan fingerprint density at radius 1 is 1.35 bits per heavy atom. The summed E-state index contributed by atoms with van der Waals surface area (Å²) < 4.78 is 0. The number of hydrogen-bond acceptors (Lipinski definition) is 3. The Labute approximate surface area is 106 Å². The van der Waals surface area contributed by atoms with Crippen LogP contribution < -0.4 is 10.6 Å². The number of urea groups is 1. The monoisotopic (exact) mass is 260 g/mol. The Balaban J connectivity index is 2.41. The molecule has 2 amide bonds. The van der Waals surface area contributed by atoms with E-state index in [1.807, 2.05) is 6.26 Å². The van der Waals surface area contributed by atoms with E-state index in [-0.39, 0.29) is 12.1 Å². The molecule has 0 saturated heterocycles. The van der Waals surface area contributed by atoms with E-state index in [0.29, 0.717) is 5.25 Å². The number of rotatable bonds is 4. The number of hydrogen-bond donors (Lipinski definition) is 3. The van der Waals surface area contributed by atoms with Crippen molar-refractivity contribution in [2.24, 2.45) is 0 Å². The largest absolute Gasteiger partial charge is 0.480 e. The van der Waals surface area contributed by atoms with Gasteiger partial charge < -0.3 is 15.7 Å². The number of nitrogens with one attached hydrogen (secondary N) is 2. The Bertz CT molecular complexity index is 286. The number of carbonyl (C=O) groups is 2. The van der Waals surface area contributed by atoms with Gasteiger partial charge in [-0.3, -0.25) is 4.79 Å². The van der Waals surface area contributed by atoms with Crippen molar-refractivity contribution >= 4 is 23.8 Å². The van der Waals surface area contributed by atoms with E-state index in [1.54, 1.807) is 11.8 Å². The van der Waals surface area contributed by atoms with Crippen LogP contribution in [0.25, 0.3) is 0 Å². The molecule has 1 fully saturated rings. The first kappa shape index (κ1) is 14.2. The number of carboxylic acids is 1. The van der Waals surface area contributed by atoms with Crippen LogP contribution in [0.1, 0.15) is 32.6 Å². The summed E-state index contributed by atoms with van der Waals surface area (Å²) in [6.45, 7) is 1.45. The van der Waals surface area contributed by atoms with Gasteiger partial charge >= 0.3 is 12.0 Å². The highest BCUT2D eigenvalue weighted by molar-refractivity contribution is 7.99. The van der Waals surface area contributed by atoms with E-state index >= 15 is 0 Å². The molecule has 98 valence electrons. The summed E-state index contributed by atoms with van der Waals surface area (Å²) in [5, 5.41) is 14.4. The summed E-state index contributed by atoms with van der Waals surface area (Å²) in [6.07, 6.45) is 6.46. The second-order valence-corrected chi connectivity index (χ2v) is 5.42. The first-order valence-corrected chi connectivity index (χ1v) is 7.16. The lowest BCUT2D eigenvalue weighted by Crippen LogP contribution is -2.51. The number of thioether (sulfide) groups is 1. The van der Waals surface area contributed by atoms with E-state index in [1.165, 1.54) is 13.3 Å².